The van der Waals surface area contributed by atoms with E-state index in [1.54, 1.807) is 19.1 Å². The lowest BCUT2D eigenvalue weighted by atomic mass is 9.97. The third-order valence-electron chi connectivity index (χ3n) is 3.47. The fraction of sp³-hybridized carbons (Fsp3) is 0.294. The maximum atomic E-state index is 14.0. The molecule has 0 spiro atoms. The van der Waals surface area contributed by atoms with Crippen LogP contribution in [0.2, 0.25) is 0 Å². The Labute approximate surface area is 132 Å². The van der Waals surface area contributed by atoms with Crippen LogP contribution in [-0.2, 0) is 6.42 Å². The van der Waals surface area contributed by atoms with Gasteiger partial charge in [-0.1, -0.05) is 41.1 Å². The minimum absolute atomic E-state index is 0.0371. The zero-order valence-corrected chi connectivity index (χ0v) is 13.7. The highest BCUT2D eigenvalue weighted by Gasteiger charge is 2.15. The van der Waals surface area contributed by atoms with E-state index < -0.39 is 0 Å². The normalized spacial score (nSPS) is 12.4. The summed E-state index contributed by atoms with van der Waals surface area (Å²) in [5, 5.41) is 3.34. The Kier molecular flexibility index (Phi) is 5.48. The van der Waals surface area contributed by atoms with Gasteiger partial charge in [0.1, 0.15) is 11.6 Å². The average molecular weight is 354 g/mol. The second kappa shape index (κ2) is 7.14. The van der Waals surface area contributed by atoms with Crippen molar-refractivity contribution in [3.63, 3.8) is 0 Å². The Morgan fingerprint density at radius 3 is 2.48 bits per heavy atom. The Morgan fingerprint density at radius 1 is 1.10 bits per heavy atom. The number of hydrogen-bond donors (Lipinski definition) is 1. The predicted octanol–water partition coefficient (Wildman–Crippen LogP) is 4.93. The van der Waals surface area contributed by atoms with Gasteiger partial charge in [0.15, 0.2) is 0 Å². The lowest BCUT2D eigenvalue weighted by molar-refractivity contribution is 0.525. The standard InChI is InChI=1S/C17H18BrF2N/c1-3-21-17(13-5-7-15(19)11(2)8-13)9-12-4-6-14(18)10-16(12)20/h4-8,10,17,21H,3,9H2,1-2H3. The van der Waals surface area contributed by atoms with Crippen LogP contribution in [-0.4, -0.2) is 6.54 Å². The van der Waals surface area contributed by atoms with Crippen molar-refractivity contribution in [2.24, 2.45) is 0 Å². The molecule has 2 aromatic rings. The van der Waals surface area contributed by atoms with Crippen molar-refractivity contribution in [3.8, 4) is 0 Å². The van der Waals surface area contributed by atoms with Gasteiger partial charge < -0.3 is 5.32 Å². The highest BCUT2D eigenvalue weighted by molar-refractivity contribution is 9.10. The van der Waals surface area contributed by atoms with E-state index in [9.17, 15) is 8.78 Å². The van der Waals surface area contributed by atoms with Crippen LogP contribution in [0.25, 0.3) is 0 Å². The number of rotatable bonds is 5. The molecule has 0 aliphatic carbocycles. The van der Waals surface area contributed by atoms with E-state index in [-0.39, 0.29) is 17.7 Å². The molecule has 2 aromatic carbocycles. The second-order valence-electron chi connectivity index (χ2n) is 5.06. The molecule has 0 heterocycles. The third kappa shape index (κ3) is 4.11. The van der Waals surface area contributed by atoms with Gasteiger partial charge in [0.2, 0.25) is 0 Å². The molecule has 0 fully saturated rings. The van der Waals surface area contributed by atoms with E-state index in [0.717, 1.165) is 16.6 Å². The molecular weight excluding hydrogens is 336 g/mol. The quantitative estimate of drug-likeness (QED) is 0.803. The summed E-state index contributed by atoms with van der Waals surface area (Å²) >= 11 is 3.26. The van der Waals surface area contributed by atoms with E-state index in [1.165, 1.54) is 12.1 Å². The molecule has 1 atom stereocenters. The highest BCUT2D eigenvalue weighted by Crippen LogP contribution is 2.24. The van der Waals surface area contributed by atoms with Crippen LogP contribution >= 0.6 is 15.9 Å². The lowest BCUT2D eigenvalue weighted by Crippen LogP contribution is -2.23. The minimum atomic E-state index is -0.230. The first kappa shape index (κ1) is 16.1. The fourth-order valence-electron chi connectivity index (χ4n) is 2.35. The summed E-state index contributed by atoms with van der Waals surface area (Å²) < 4.78 is 28.1. The number of nitrogens with one attached hydrogen (secondary N) is 1. The Hall–Kier alpha value is -1.26. The molecule has 0 amide bonds. The van der Waals surface area contributed by atoms with Crippen LogP contribution in [0.1, 0.15) is 29.7 Å². The predicted molar refractivity (Wildman–Crippen MR) is 85.4 cm³/mol. The number of likely N-dealkylation sites (N-methyl/N-ethyl adjacent to an activating group) is 1. The van der Waals surface area contributed by atoms with Gasteiger partial charge in [-0.2, -0.15) is 0 Å². The Morgan fingerprint density at radius 2 is 1.86 bits per heavy atom. The number of aryl methyl sites for hydroxylation is 1. The summed E-state index contributed by atoms with van der Waals surface area (Å²) in [5.74, 6) is -0.449. The molecule has 0 aliphatic rings. The van der Waals surface area contributed by atoms with Crippen LogP contribution < -0.4 is 5.32 Å². The summed E-state index contributed by atoms with van der Waals surface area (Å²) in [5.41, 5.74) is 2.22. The lowest BCUT2D eigenvalue weighted by Gasteiger charge is -2.19. The van der Waals surface area contributed by atoms with Crippen molar-refractivity contribution in [2.45, 2.75) is 26.3 Å². The number of benzene rings is 2. The molecular formula is C17H18BrF2N. The topological polar surface area (TPSA) is 12.0 Å². The molecule has 0 saturated heterocycles. The summed E-state index contributed by atoms with van der Waals surface area (Å²) in [7, 11) is 0. The van der Waals surface area contributed by atoms with Gasteiger partial charge in [0, 0.05) is 10.5 Å². The van der Waals surface area contributed by atoms with Crippen molar-refractivity contribution < 1.29 is 8.78 Å². The second-order valence-corrected chi connectivity index (χ2v) is 5.97. The van der Waals surface area contributed by atoms with Gasteiger partial charge in [-0.25, -0.2) is 8.78 Å². The maximum absolute atomic E-state index is 14.0. The van der Waals surface area contributed by atoms with Crippen LogP contribution in [0.15, 0.2) is 40.9 Å². The van der Waals surface area contributed by atoms with Gasteiger partial charge >= 0.3 is 0 Å². The zero-order valence-electron chi connectivity index (χ0n) is 12.1. The largest absolute Gasteiger partial charge is 0.310 e. The first-order valence-electron chi connectivity index (χ1n) is 6.94. The number of hydrogen-bond acceptors (Lipinski definition) is 1. The number of halogens is 3. The molecule has 0 aliphatic heterocycles. The van der Waals surface area contributed by atoms with Crippen molar-refractivity contribution >= 4 is 15.9 Å². The van der Waals surface area contributed by atoms with Crippen molar-refractivity contribution in [1.82, 2.24) is 5.32 Å². The molecule has 112 valence electrons. The Balaban J connectivity index is 2.28. The van der Waals surface area contributed by atoms with E-state index in [0.29, 0.717) is 17.5 Å². The average Bonchev–Trinajstić information content (AvgIpc) is 2.44. The molecule has 0 saturated carbocycles. The van der Waals surface area contributed by atoms with Gasteiger partial charge in [-0.3, -0.25) is 0 Å². The SMILES string of the molecule is CCNC(Cc1ccc(Br)cc1F)c1ccc(F)c(C)c1. The zero-order chi connectivity index (χ0) is 15.4. The summed E-state index contributed by atoms with van der Waals surface area (Å²) in [6, 6.07) is 10.1. The van der Waals surface area contributed by atoms with Crippen molar-refractivity contribution in [2.75, 3.05) is 6.54 Å². The minimum Gasteiger partial charge on any atom is -0.310 e. The third-order valence-corrected chi connectivity index (χ3v) is 3.97. The molecule has 2 rings (SSSR count). The van der Waals surface area contributed by atoms with E-state index in [4.69, 9.17) is 0 Å². The van der Waals surface area contributed by atoms with Gasteiger partial charge in [-0.05, 0) is 54.8 Å². The molecule has 0 aromatic heterocycles. The van der Waals surface area contributed by atoms with E-state index in [1.807, 2.05) is 19.1 Å². The van der Waals surface area contributed by atoms with Gasteiger partial charge in [0.05, 0.1) is 0 Å². The van der Waals surface area contributed by atoms with Gasteiger partial charge in [0.25, 0.3) is 0 Å². The first-order chi connectivity index (χ1) is 10.0. The molecule has 0 radical (unpaired) electrons. The fourth-order valence-corrected chi connectivity index (χ4v) is 2.68. The molecule has 1 nitrogen and oxygen atoms in total. The van der Waals surface area contributed by atoms with Crippen LogP contribution in [0.5, 0.6) is 0 Å². The first-order valence-corrected chi connectivity index (χ1v) is 7.74. The van der Waals surface area contributed by atoms with Crippen LogP contribution in [0, 0.1) is 18.6 Å². The van der Waals surface area contributed by atoms with Crippen molar-refractivity contribution in [1.29, 1.82) is 0 Å². The van der Waals surface area contributed by atoms with E-state index >= 15 is 0 Å². The summed E-state index contributed by atoms with van der Waals surface area (Å²) in [4.78, 5) is 0. The maximum Gasteiger partial charge on any atom is 0.127 e. The molecule has 1 N–H and O–H groups in total. The van der Waals surface area contributed by atoms with Crippen molar-refractivity contribution in [3.05, 3.63) is 69.2 Å². The highest BCUT2D eigenvalue weighted by atomic mass is 79.9. The molecule has 4 heteroatoms. The van der Waals surface area contributed by atoms with Crippen LogP contribution in [0.3, 0.4) is 0 Å². The molecule has 21 heavy (non-hydrogen) atoms. The van der Waals surface area contributed by atoms with Gasteiger partial charge in [-0.15, -0.1) is 0 Å². The summed E-state index contributed by atoms with van der Waals surface area (Å²) in [6.45, 7) is 4.50. The van der Waals surface area contributed by atoms with E-state index in [2.05, 4.69) is 21.2 Å². The monoisotopic (exact) mass is 353 g/mol. The smallest absolute Gasteiger partial charge is 0.127 e. The molecule has 0 bridgehead atoms. The molecule has 1 unspecified atom stereocenters. The Bertz CT molecular complexity index is 628. The summed E-state index contributed by atoms with van der Waals surface area (Å²) in [6.07, 6.45) is 0.526. The van der Waals surface area contributed by atoms with Crippen LogP contribution in [0.4, 0.5) is 8.78 Å².